The third-order valence-corrected chi connectivity index (χ3v) is 2.65. The molecule has 0 unspecified atom stereocenters. The quantitative estimate of drug-likeness (QED) is 0.791. The van der Waals surface area contributed by atoms with Crippen LogP contribution in [0.3, 0.4) is 0 Å². The van der Waals surface area contributed by atoms with Gasteiger partial charge in [-0.2, -0.15) is 0 Å². The predicted molar refractivity (Wildman–Crippen MR) is 67.4 cm³/mol. The van der Waals surface area contributed by atoms with Gasteiger partial charge in [-0.15, -0.1) is 0 Å². The van der Waals surface area contributed by atoms with Gasteiger partial charge in [-0.1, -0.05) is 17.3 Å². The number of nitrogens with two attached hydrogens (primary N) is 1. The molecule has 90 valence electrons. The molecule has 0 spiro atoms. The summed E-state index contributed by atoms with van der Waals surface area (Å²) in [6, 6.07) is 7.99. The molecule has 0 saturated heterocycles. The smallest absolute Gasteiger partial charge is 0.133 e. The van der Waals surface area contributed by atoms with E-state index >= 15 is 0 Å². The highest BCUT2D eigenvalue weighted by Gasteiger charge is 2.00. The number of nitrogens with zero attached hydrogens (tertiary/aromatic N) is 1. The highest BCUT2D eigenvalue weighted by atomic mass is 16.5. The molecule has 0 amide bonds. The molecule has 2 rings (SSSR count). The van der Waals surface area contributed by atoms with Gasteiger partial charge in [0.1, 0.15) is 5.76 Å². The van der Waals surface area contributed by atoms with Crippen molar-refractivity contribution in [2.75, 3.05) is 5.73 Å². The van der Waals surface area contributed by atoms with Crippen LogP contribution in [0.1, 0.15) is 22.6 Å². The number of aryl methyl sites for hydroxylation is 2. The van der Waals surface area contributed by atoms with Gasteiger partial charge in [0.15, 0.2) is 0 Å². The number of nitrogen functional groups attached to an aromatic ring is 1. The fourth-order valence-electron chi connectivity index (χ4n) is 1.68. The molecule has 0 aliphatic heterocycles. The third kappa shape index (κ3) is 3.07. The monoisotopic (exact) mass is 231 g/mol. The molecule has 2 aromatic rings. The number of hydrogen-bond donors (Lipinski definition) is 2. The highest BCUT2D eigenvalue weighted by molar-refractivity contribution is 5.47. The van der Waals surface area contributed by atoms with E-state index in [-0.39, 0.29) is 0 Å². The summed E-state index contributed by atoms with van der Waals surface area (Å²) in [6.07, 6.45) is 0. The van der Waals surface area contributed by atoms with Crippen LogP contribution in [0.15, 0.2) is 28.8 Å². The Labute approximate surface area is 101 Å². The average Bonchev–Trinajstić information content (AvgIpc) is 2.70. The largest absolute Gasteiger partial charge is 0.399 e. The second kappa shape index (κ2) is 5.01. The molecule has 1 aromatic heterocycles. The van der Waals surface area contributed by atoms with E-state index in [4.69, 9.17) is 10.3 Å². The van der Waals surface area contributed by atoms with Crippen LogP contribution < -0.4 is 11.1 Å². The van der Waals surface area contributed by atoms with Gasteiger partial charge in [-0.25, -0.2) is 0 Å². The molecule has 0 fully saturated rings. The van der Waals surface area contributed by atoms with Crippen LogP contribution >= 0.6 is 0 Å². The van der Waals surface area contributed by atoms with Gasteiger partial charge in [-0.05, 0) is 31.0 Å². The molecule has 4 heteroatoms. The lowest BCUT2D eigenvalue weighted by Crippen LogP contribution is -2.13. The average molecular weight is 231 g/mol. The maximum Gasteiger partial charge on any atom is 0.133 e. The van der Waals surface area contributed by atoms with E-state index in [0.717, 1.165) is 29.2 Å². The Hall–Kier alpha value is -1.81. The Morgan fingerprint density at radius 2 is 2.06 bits per heavy atom. The standard InChI is InChI=1S/C13H17N3O/c1-9-5-11(3-4-13(9)14)7-15-8-12-6-10(2)17-16-12/h3-6,15H,7-8,14H2,1-2H3. The normalized spacial score (nSPS) is 10.7. The fourth-order valence-corrected chi connectivity index (χ4v) is 1.68. The van der Waals surface area contributed by atoms with E-state index in [1.165, 1.54) is 5.56 Å². The molecule has 4 nitrogen and oxygen atoms in total. The molecule has 0 radical (unpaired) electrons. The summed E-state index contributed by atoms with van der Waals surface area (Å²) in [4.78, 5) is 0. The van der Waals surface area contributed by atoms with Crippen molar-refractivity contribution in [3.8, 4) is 0 Å². The van der Waals surface area contributed by atoms with E-state index < -0.39 is 0 Å². The summed E-state index contributed by atoms with van der Waals surface area (Å²) in [7, 11) is 0. The van der Waals surface area contributed by atoms with Crippen molar-refractivity contribution in [1.29, 1.82) is 0 Å². The van der Waals surface area contributed by atoms with Gasteiger partial charge in [0.25, 0.3) is 0 Å². The minimum atomic E-state index is 0.709. The molecule has 0 atom stereocenters. The van der Waals surface area contributed by atoms with Crippen molar-refractivity contribution in [3.05, 3.63) is 46.8 Å². The lowest BCUT2D eigenvalue weighted by atomic mass is 10.1. The van der Waals surface area contributed by atoms with Gasteiger partial charge in [0.05, 0.1) is 5.69 Å². The fraction of sp³-hybridized carbons (Fsp3) is 0.308. The van der Waals surface area contributed by atoms with Crippen molar-refractivity contribution < 1.29 is 4.52 Å². The molecule has 1 aromatic carbocycles. The van der Waals surface area contributed by atoms with Crippen molar-refractivity contribution >= 4 is 5.69 Å². The molecule has 0 bridgehead atoms. The first-order valence-corrected chi connectivity index (χ1v) is 5.63. The van der Waals surface area contributed by atoms with E-state index in [2.05, 4.69) is 16.5 Å². The Balaban J connectivity index is 1.87. The van der Waals surface area contributed by atoms with Crippen molar-refractivity contribution in [3.63, 3.8) is 0 Å². The van der Waals surface area contributed by atoms with Crippen molar-refractivity contribution in [2.24, 2.45) is 0 Å². The van der Waals surface area contributed by atoms with Crippen LogP contribution in [0.4, 0.5) is 5.69 Å². The van der Waals surface area contributed by atoms with E-state index in [0.29, 0.717) is 6.54 Å². The molecule has 0 saturated carbocycles. The van der Waals surface area contributed by atoms with Crippen LogP contribution in [0, 0.1) is 13.8 Å². The first kappa shape index (κ1) is 11.7. The number of rotatable bonds is 4. The lowest BCUT2D eigenvalue weighted by Gasteiger charge is -2.05. The van der Waals surface area contributed by atoms with Crippen molar-refractivity contribution in [2.45, 2.75) is 26.9 Å². The van der Waals surface area contributed by atoms with Crippen LogP contribution in [0.5, 0.6) is 0 Å². The first-order valence-electron chi connectivity index (χ1n) is 5.63. The van der Waals surface area contributed by atoms with E-state index in [1.807, 2.05) is 32.0 Å². The maximum absolute atomic E-state index is 5.77. The molecule has 17 heavy (non-hydrogen) atoms. The zero-order valence-corrected chi connectivity index (χ0v) is 10.2. The summed E-state index contributed by atoms with van der Waals surface area (Å²) >= 11 is 0. The Morgan fingerprint density at radius 1 is 1.24 bits per heavy atom. The first-order chi connectivity index (χ1) is 8.15. The van der Waals surface area contributed by atoms with Crippen LogP contribution in [-0.2, 0) is 13.1 Å². The summed E-state index contributed by atoms with van der Waals surface area (Å²) in [5, 5.41) is 7.24. The maximum atomic E-state index is 5.77. The zero-order chi connectivity index (χ0) is 12.3. The molecule has 0 aliphatic rings. The number of hydrogen-bond acceptors (Lipinski definition) is 4. The van der Waals surface area contributed by atoms with Gasteiger partial charge in [0.2, 0.25) is 0 Å². The van der Waals surface area contributed by atoms with Gasteiger partial charge in [-0.3, -0.25) is 0 Å². The number of anilines is 1. The summed E-state index contributed by atoms with van der Waals surface area (Å²) in [6.45, 7) is 5.41. The minimum Gasteiger partial charge on any atom is -0.399 e. The number of aromatic nitrogens is 1. The molecular formula is C13H17N3O. The SMILES string of the molecule is Cc1cc(CNCc2ccc(N)c(C)c2)no1. The topological polar surface area (TPSA) is 64.1 Å². The lowest BCUT2D eigenvalue weighted by molar-refractivity contribution is 0.388. The number of nitrogens with one attached hydrogen (secondary N) is 1. The minimum absolute atomic E-state index is 0.709. The molecule has 3 N–H and O–H groups in total. The van der Waals surface area contributed by atoms with E-state index in [9.17, 15) is 0 Å². The van der Waals surface area contributed by atoms with Crippen LogP contribution in [-0.4, -0.2) is 5.16 Å². The zero-order valence-electron chi connectivity index (χ0n) is 10.2. The number of benzene rings is 1. The van der Waals surface area contributed by atoms with Crippen LogP contribution in [0.25, 0.3) is 0 Å². The van der Waals surface area contributed by atoms with E-state index in [1.54, 1.807) is 0 Å². The predicted octanol–water partition coefficient (Wildman–Crippen LogP) is 2.16. The summed E-state index contributed by atoms with van der Waals surface area (Å²) < 4.78 is 5.00. The van der Waals surface area contributed by atoms with Gasteiger partial charge in [0, 0.05) is 24.8 Å². The van der Waals surface area contributed by atoms with Gasteiger partial charge < -0.3 is 15.6 Å². The van der Waals surface area contributed by atoms with Crippen molar-refractivity contribution in [1.82, 2.24) is 10.5 Å². The van der Waals surface area contributed by atoms with Crippen LogP contribution in [0.2, 0.25) is 0 Å². The highest BCUT2D eigenvalue weighted by Crippen LogP contribution is 2.12. The summed E-state index contributed by atoms with van der Waals surface area (Å²) in [5.41, 5.74) is 9.86. The second-order valence-corrected chi connectivity index (χ2v) is 4.22. The van der Waals surface area contributed by atoms with Gasteiger partial charge >= 0.3 is 0 Å². The molecule has 0 aliphatic carbocycles. The Bertz CT molecular complexity index is 505. The Morgan fingerprint density at radius 3 is 2.71 bits per heavy atom. The molecular weight excluding hydrogens is 214 g/mol. The molecule has 1 heterocycles. The Kier molecular flexibility index (Phi) is 3.44. The second-order valence-electron chi connectivity index (χ2n) is 4.22. The third-order valence-electron chi connectivity index (χ3n) is 2.65. The summed E-state index contributed by atoms with van der Waals surface area (Å²) in [5.74, 6) is 0.838.